The summed E-state index contributed by atoms with van der Waals surface area (Å²) >= 11 is 6.30. The number of aromatic nitrogens is 2. The molecule has 8 nitrogen and oxygen atoms in total. The molecule has 2 aromatic heterocycles. The maximum atomic E-state index is 6.30. The SMILES string of the molecule is C1CC2(CCN1)OCCO2.Cc1ccc(-c2cc(Cl)c3ccccc3n2)cc1.Cc1ccc(-c2cc(N3CCC4(CC3)OCCO4)c3ccccc3n2)cc1. The van der Waals surface area contributed by atoms with E-state index >= 15 is 0 Å². The van der Waals surface area contributed by atoms with Crippen LogP contribution in [-0.4, -0.2) is 74.1 Å². The smallest absolute Gasteiger partial charge is 0.171 e. The van der Waals surface area contributed by atoms with Crippen molar-refractivity contribution in [3.63, 3.8) is 0 Å². The molecule has 4 aliphatic rings. The zero-order valence-electron chi connectivity index (χ0n) is 31.7. The van der Waals surface area contributed by atoms with Crippen LogP contribution in [0.1, 0.15) is 36.8 Å². The Bertz CT molecular complexity index is 2200. The largest absolute Gasteiger partial charge is 0.371 e. The van der Waals surface area contributed by atoms with Crippen LogP contribution < -0.4 is 10.2 Å². The van der Waals surface area contributed by atoms with Crippen molar-refractivity contribution in [2.45, 2.75) is 51.1 Å². The summed E-state index contributed by atoms with van der Waals surface area (Å²) in [6, 6.07) is 37.4. The monoisotopic (exact) mass is 756 g/mol. The number of hydrogen-bond acceptors (Lipinski definition) is 8. The minimum Gasteiger partial charge on any atom is -0.371 e. The van der Waals surface area contributed by atoms with Gasteiger partial charge in [-0.2, -0.15) is 0 Å². The fourth-order valence-electron chi connectivity index (χ4n) is 7.76. The number of hydrogen-bond donors (Lipinski definition) is 1. The lowest BCUT2D eigenvalue weighted by Crippen LogP contribution is -2.45. The minimum absolute atomic E-state index is 0.189. The van der Waals surface area contributed by atoms with E-state index in [0.29, 0.717) is 0 Å². The number of pyridine rings is 2. The molecule has 0 bridgehead atoms. The van der Waals surface area contributed by atoms with Crippen molar-refractivity contribution in [1.82, 2.24) is 15.3 Å². The Morgan fingerprint density at radius 3 is 1.56 bits per heavy atom. The van der Waals surface area contributed by atoms with Gasteiger partial charge in [-0.05, 0) is 38.1 Å². The first-order valence-electron chi connectivity index (χ1n) is 19.5. The zero-order chi connectivity index (χ0) is 37.7. The molecular formula is C46H49ClN4O4. The van der Waals surface area contributed by atoms with Crippen LogP contribution in [0.15, 0.2) is 109 Å². The van der Waals surface area contributed by atoms with E-state index in [0.717, 1.165) is 122 Å². The molecule has 4 saturated heterocycles. The van der Waals surface area contributed by atoms with E-state index < -0.39 is 0 Å². The molecule has 284 valence electrons. The molecule has 0 amide bonds. The Hall–Kier alpha value is -4.41. The van der Waals surface area contributed by atoms with Gasteiger partial charge in [-0.15, -0.1) is 0 Å². The molecule has 4 aliphatic heterocycles. The van der Waals surface area contributed by atoms with E-state index in [9.17, 15) is 0 Å². The van der Waals surface area contributed by atoms with E-state index in [-0.39, 0.29) is 11.6 Å². The lowest BCUT2D eigenvalue weighted by molar-refractivity contribution is -0.172. The number of nitrogens with zero attached hydrogens (tertiary/aromatic N) is 3. The second kappa shape index (κ2) is 16.8. The quantitative estimate of drug-likeness (QED) is 0.191. The van der Waals surface area contributed by atoms with Crippen molar-refractivity contribution < 1.29 is 18.9 Å². The Morgan fingerprint density at radius 1 is 0.564 bits per heavy atom. The number of nitrogens with one attached hydrogen (secondary N) is 1. The van der Waals surface area contributed by atoms with Gasteiger partial charge in [-0.25, -0.2) is 9.97 Å². The average molecular weight is 757 g/mol. The predicted octanol–water partition coefficient (Wildman–Crippen LogP) is 9.53. The Morgan fingerprint density at radius 2 is 1.02 bits per heavy atom. The van der Waals surface area contributed by atoms with Crippen molar-refractivity contribution in [3.8, 4) is 22.5 Å². The minimum atomic E-state index is -0.348. The summed E-state index contributed by atoms with van der Waals surface area (Å²) < 4.78 is 22.8. The zero-order valence-corrected chi connectivity index (χ0v) is 32.5. The third-order valence-corrected chi connectivity index (χ3v) is 11.2. The van der Waals surface area contributed by atoms with E-state index in [2.05, 4.69) is 108 Å². The lowest BCUT2D eigenvalue weighted by atomic mass is 10.0. The maximum absolute atomic E-state index is 6.30. The van der Waals surface area contributed by atoms with Crippen molar-refractivity contribution in [2.75, 3.05) is 57.5 Å². The van der Waals surface area contributed by atoms with E-state index in [1.807, 2.05) is 30.3 Å². The van der Waals surface area contributed by atoms with Crippen molar-refractivity contribution in [1.29, 1.82) is 0 Å². The molecule has 0 saturated carbocycles. The number of fused-ring (bicyclic) bond motifs is 2. The molecule has 55 heavy (non-hydrogen) atoms. The average Bonchev–Trinajstić information content (AvgIpc) is 3.88. The third kappa shape index (κ3) is 8.70. The van der Waals surface area contributed by atoms with E-state index in [4.69, 9.17) is 35.5 Å². The number of piperidine rings is 2. The van der Waals surface area contributed by atoms with Crippen LogP contribution in [0.5, 0.6) is 0 Å². The van der Waals surface area contributed by atoms with Gasteiger partial charge in [0.2, 0.25) is 0 Å². The van der Waals surface area contributed by atoms with Gasteiger partial charge in [0.05, 0.1) is 53.9 Å². The first kappa shape index (κ1) is 37.5. The summed E-state index contributed by atoms with van der Waals surface area (Å²) in [6.07, 6.45) is 3.83. The van der Waals surface area contributed by atoms with Gasteiger partial charge in [0.25, 0.3) is 0 Å². The highest BCUT2D eigenvalue weighted by molar-refractivity contribution is 6.35. The highest BCUT2D eigenvalue weighted by Crippen LogP contribution is 2.37. The normalized spacial score (nSPS) is 18.6. The van der Waals surface area contributed by atoms with Gasteiger partial charge in [0.1, 0.15) is 0 Å². The Labute approximate surface area is 328 Å². The van der Waals surface area contributed by atoms with Crippen LogP contribution in [-0.2, 0) is 18.9 Å². The number of anilines is 1. The van der Waals surface area contributed by atoms with Crippen molar-refractivity contribution in [2.24, 2.45) is 0 Å². The molecule has 9 heteroatoms. The number of rotatable bonds is 3. The first-order valence-corrected chi connectivity index (χ1v) is 19.9. The van der Waals surface area contributed by atoms with Gasteiger partial charge in [0.15, 0.2) is 11.6 Å². The fraction of sp³-hybridized carbons (Fsp3) is 0.348. The van der Waals surface area contributed by atoms with Crippen molar-refractivity contribution >= 4 is 39.1 Å². The third-order valence-electron chi connectivity index (χ3n) is 10.9. The highest BCUT2D eigenvalue weighted by Gasteiger charge is 2.40. The summed E-state index contributed by atoms with van der Waals surface area (Å²) in [5, 5.41) is 6.22. The summed E-state index contributed by atoms with van der Waals surface area (Å²) in [5.41, 5.74) is 9.92. The molecule has 0 atom stereocenters. The van der Waals surface area contributed by atoms with Crippen LogP contribution >= 0.6 is 11.6 Å². The van der Waals surface area contributed by atoms with Gasteiger partial charge in [0, 0.05) is 79.4 Å². The van der Waals surface area contributed by atoms with Crippen LogP contribution in [0.25, 0.3) is 44.3 Å². The molecule has 1 N–H and O–H groups in total. The summed E-state index contributed by atoms with van der Waals surface area (Å²) in [7, 11) is 0. The maximum Gasteiger partial charge on any atom is 0.171 e. The van der Waals surface area contributed by atoms with Crippen molar-refractivity contribution in [3.05, 3.63) is 125 Å². The number of benzene rings is 4. The predicted molar refractivity (Wildman–Crippen MR) is 222 cm³/mol. The fourth-order valence-corrected chi connectivity index (χ4v) is 8.03. The molecular weight excluding hydrogens is 708 g/mol. The van der Waals surface area contributed by atoms with Gasteiger partial charge in [-0.1, -0.05) is 108 Å². The molecule has 2 spiro atoms. The summed E-state index contributed by atoms with van der Waals surface area (Å²) in [5.74, 6) is -0.537. The molecule has 0 unspecified atom stereocenters. The molecule has 6 aromatic rings. The van der Waals surface area contributed by atoms with Crippen LogP contribution in [0, 0.1) is 13.8 Å². The van der Waals surface area contributed by atoms with Gasteiger partial charge >= 0.3 is 0 Å². The lowest BCUT2D eigenvalue weighted by Gasteiger charge is -2.39. The summed E-state index contributed by atoms with van der Waals surface area (Å²) in [4.78, 5) is 12.0. The molecule has 4 aromatic carbocycles. The molecule has 10 rings (SSSR count). The number of ether oxygens (including phenoxy) is 4. The topological polar surface area (TPSA) is 78.0 Å². The molecule has 0 radical (unpaired) electrons. The second-order valence-electron chi connectivity index (χ2n) is 14.7. The van der Waals surface area contributed by atoms with Crippen LogP contribution in [0.2, 0.25) is 5.02 Å². The van der Waals surface area contributed by atoms with Crippen LogP contribution in [0.4, 0.5) is 5.69 Å². The number of halogens is 1. The number of aryl methyl sites for hydroxylation is 2. The van der Waals surface area contributed by atoms with Gasteiger partial charge in [-0.3, -0.25) is 0 Å². The van der Waals surface area contributed by atoms with E-state index in [1.54, 1.807) is 0 Å². The first-order chi connectivity index (χ1) is 26.9. The summed E-state index contributed by atoms with van der Waals surface area (Å²) in [6.45, 7) is 11.1. The highest BCUT2D eigenvalue weighted by atomic mass is 35.5. The second-order valence-corrected chi connectivity index (χ2v) is 15.1. The Kier molecular flexibility index (Phi) is 11.4. The Balaban J connectivity index is 0.000000130. The molecule has 6 heterocycles. The molecule has 4 fully saturated rings. The molecule has 0 aliphatic carbocycles. The number of para-hydroxylation sites is 2. The standard InChI is InChI=1S/C23H24N2O2.C16H12ClN.C7H13NO2/c1-17-6-8-18(9-7-17)21-16-22(19-4-2-3-5-20(19)24-21)25-12-10-23(11-13-25)26-14-15-27-23;1-11-6-8-12(9-7-11)16-10-14(17)13-4-2-3-5-15(13)18-16;1-3-8-4-2-7(1)9-5-6-10-7/h2-9,16H,10-15H2,1H3;2-10H,1H3;8H,1-6H2. The van der Waals surface area contributed by atoms with Crippen LogP contribution in [0.3, 0.4) is 0 Å². The van der Waals surface area contributed by atoms with E-state index in [1.165, 1.54) is 22.2 Å². The van der Waals surface area contributed by atoms with Gasteiger partial charge < -0.3 is 29.2 Å².